The maximum Gasteiger partial charge on any atom is 0.221 e. The molecule has 1 aliphatic carbocycles. The number of hydrogen-bond donors (Lipinski definition) is 2. The van der Waals surface area contributed by atoms with Crippen LogP contribution in [0.3, 0.4) is 0 Å². The average Bonchev–Trinajstić information content (AvgIpc) is 3.15. The van der Waals surface area contributed by atoms with Gasteiger partial charge >= 0.3 is 0 Å². The van der Waals surface area contributed by atoms with Crippen LogP contribution in [0, 0.1) is 6.92 Å². The molecular formula is C14H16N4O. The van der Waals surface area contributed by atoms with Gasteiger partial charge in [-0.25, -0.2) is 9.66 Å². The highest BCUT2D eigenvalue weighted by Crippen LogP contribution is 2.40. The molecule has 3 rings (SSSR count). The van der Waals surface area contributed by atoms with Gasteiger partial charge < -0.3 is 10.8 Å². The number of imidazole rings is 1. The number of aromatic nitrogens is 2. The first-order chi connectivity index (χ1) is 9.13. The first kappa shape index (κ1) is 11.8. The summed E-state index contributed by atoms with van der Waals surface area (Å²) in [6, 6.07) is 5.67. The summed E-state index contributed by atoms with van der Waals surface area (Å²) >= 11 is 0. The smallest absolute Gasteiger partial charge is 0.221 e. The molecule has 0 spiro atoms. The fourth-order valence-corrected chi connectivity index (χ4v) is 2.07. The number of benzene rings is 1. The minimum Gasteiger partial charge on any atom is -0.507 e. The Morgan fingerprint density at radius 2 is 2.26 bits per heavy atom. The van der Waals surface area contributed by atoms with Crippen molar-refractivity contribution in [3.8, 4) is 5.75 Å². The van der Waals surface area contributed by atoms with E-state index in [9.17, 15) is 5.11 Å². The van der Waals surface area contributed by atoms with Crippen molar-refractivity contribution in [2.24, 2.45) is 5.10 Å². The van der Waals surface area contributed by atoms with E-state index in [4.69, 9.17) is 5.73 Å². The lowest BCUT2D eigenvalue weighted by Gasteiger charge is -2.03. The minimum absolute atomic E-state index is 0.226. The maximum atomic E-state index is 9.84. The summed E-state index contributed by atoms with van der Waals surface area (Å²) in [5, 5.41) is 14.1. The van der Waals surface area contributed by atoms with Gasteiger partial charge in [0, 0.05) is 5.56 Å². The van der Waals surface area contributed by atoms with Crippen LogP contribution in [-0.2, 0) is 0 Å². The molecule has 1 aromatic heterocycles. The molecule has 5 nitrogen and oxygen atoms in total. The number of hydrogen-bond acceptors (Lipinski definition) is 4. The molecule has 0 unspecified atom stereocenters. The molecule has 5 heteroatoms. The standard InChI is InChI=1S/C14H16N4O/c1-9-8-18(14(15)17-9)16-7-12-6-11(10-2-3-10)4-5-13(12)19/h4-8,10,19H,2-3H2,1H3,(H2,15,17). The lowest BCUT2D eigenvalue weighted by molar-refractivity contribution is 0.474. The second kappa shape index (κ2) is 4.42. The number of aryl methyl sites for hydroxylation is 1. The quantitative estimate of drug-likeness (QED) is 0.827. The zero-order valence-corrected chi connectivity index (χ0v) is 10.7. The van der Waals surface area contributed by atoms with Crippen LogP contribution >= 0.6 is 0 Å². The number of nitrogens with zero attached hydrogens (tertiary/aromatic N) is 3. The topological polar surface area (TPSA) is 76.4 Å². The van der Waals surface area contributed by atoms with Crippen molar-refractivity contribution in [1.82, 2.24) is 9.66 Å². The second-order valence-electron chi connectivity index (χ2n) is 4.92. The van der Waals surface area contributed by atoms with Crippen molar-refractivity contribution in [3.05, 3.63) is 41.2 Å². The highest BCUT2D eigenvalue weighted by molar-refractivity contribution is 5.83. The SMILES string of the molecule is Cc1cn(N=Cc2cc(C3CC3)ccc2O)c(N)n1. The predicted molar refractivity (Wildman–Crippen MR) is 74.5 cm³/mol. The van der Waals surface area contributed by atoms with Crippen LogP contribution in [0.1, 0.15) is 35.6 Å². The molecule has 19 heavy (non-hydrogen) atoms. The largest absolute Gasteiger partial charge is 0.507 e. The Morgan fingerprint density at radius 3 is 2.89 bits per heavy atom. The van der Waals surface area contributed by atoms with Crippen LogP contribution in [0.4, 0.5) is 5.95 Å². The van der Waals surface area contributed by atoms with E-state index in [1.807, 2.05) is 19.1 Å². The summed E-state index contributed by atoms with van der Waals surface area (Å²) in [4.78, 5) is 4.07. The van der Waals surface area contributed by atoms with Gasteiger partial charge in [-0.05, 0) is 43.4 Å². The summed E-state index contributed by atoms with van der Waals surface area (Å²) in [5.74, 6) is 1.21. The minimum atomic E-state index is 0.226. The van der Waals surface area contributed by atoms with Gasteiger partial charge in [-0.2, -0.15) is 5.10 Å². The Morgan fingerprint density at radius 1 is 1.47 bits per heavy atom. The number of nitrogen functional groups attached to an aromatic ring is 1. The third kappa shape index (κ3) is 2.45. The van der Waals surface area contributed by atoms with Gasteiger partial charge in [-0.15, -0.1) is 0 Å². The van der Waals surface area contributed by atoms with E-state index < -0.39 is 0 Å². The van der Waals surface area contributed by atoms with E-state index in [1.165, 1.54) is 23.1 Å². The van der Waals surface area contributed by atoms with Gasteiger partial charge in [0.1, 0.15) is 5.75 Å². The normalized spacial score (nSPS) is 15.2. The molecule has 0 aliphatic heterocycles. The van der Waals surface area contributed by atoms with Gasteiger partial charge in [-0.1, -0.05) is 6.07 Å². The second-order valence-corrected chi connectivity index (χ2v) is 4.92. The van der Waals surface area contributed by atoms with Gasteiger partial charge in [0.05, 0.1) is 18.1 Å². The number of phenolic OH excluding ortho intramolecular Hbond substituents is 1. The molecule has 2 aromatic rings. The predicted octanol–water partition coefficient (Wildman–Crippen LogP) is 2.24. The summed E-state index contributed by atoms with van der Waals surface area (Å²) in [6.07, 6.45) is 5.82. The van der Waals surface area contributed by atoms with Crippen LogP contribution in [-0.4, -0.2) is 21.0 Å². The molecule has 1 saturated carbocycles. The van der Waals surface area contributed by atoms with E-state index >= 15 is 0 Å². The highest BCUT2D eigenvalue weighted by atomic mass is 16.3. The molecule has 0 radical (unpaired) electrons. The van der Waals surface area contributed by atoms with Crippen molar-refractivity contribution in [1.29, 1.82) is 0 Å². The molecule has 0 bridgehead atoms. The first-order valence-corrected chi connectivity index (χ1v) is 6.32. The fraction of sp³-hybridized carbons (Fsp3) is 0.286. The average molecular weight is 256 g/mol. The Labute approximate surface area is 111 Å². The Hall–Kier alpha value is -2.30. The number of nitrogens with two attached hydrogens (primary N) is 1. The number of rotatable bonds is 3. The van der Waals surface area contributed by atoms with Crippen molar-refractivity contribution in [2.45, 2.75) is 25.7 Å². The van der Waals surface area contributed by atoms with Crippen LogP contribution in [0.25, 0.3) is 0 Å². The molecule has 1 aromatic carbocycles. The van der Waals surface area contributed by atoms with Crippen LogP contribution < -0.4 is 5.73 Å². The van der Waals surface area contributed by atoms with E-state index in [0.29, 0.717) is 17.4 Å². The molecule has 0 atom stereocenters. The van der Waals surface area contributed by atoms with Crippen molar-refractivity contribution < 1.29 is 5.11 Å². The van der Waals surface area contributed by atoms with Crippen molar-refractivity contribution >= 4 is 12.2 Å². The van der Waals surface area contributed by atoms with Crippen LogP contribution in [0.15, 0.2) is 29.5 Å². The van der Waals surface area contributed by atoms with Gasteiger partial charge in [-0.3, -0.25) is 0 Å². The molecule has 0 saturated heterocycles. The third-order valence-electron chi connectivity index (χ3n) is 3.26. The Bertz CT molecular complexity index is 641. The van der Waals surface area contributed by atoms with Crippen LogP contribution in [0.2, 0.25) is 0 Å². The van der Waals surface area contributed by atoms with Crippen molar-refractivity contribution in [3.63, 3.8) is 0 Å². The zero-order valence-electron chi connectivity index (χ0n) is 10.7. The zero-order chi connectivity index (χ0) is 13.4. The van der Waals surface area contributed by atoms with E-state index in [0.717, 1.165) is 5.69 Å². The monoisotopic (exact) mass is 256 g/mol. The lowest BCUT2D eigenvalue weighted by atomic mass is 10.1. The molecule has 3 N–H and O–H groups in total. The Kier molecular flexibility index (Phi) is 2.74. The van der Waals surface area contributed by atoms with Crippen LogP contribution in [0.5, 0.6) is 5.75 Å². The van der Waals surface area contributed by atoms with Gasteiger partial charge in [0.25, 0.3) is 0 Å². The van der Waals surface area contributed by atoms with E-state index in [1.54, 1.807) is 18.5 Å². The molecule has 1 fully saturated rings. The molecule has 0 amide bonds. The van der Waals surface area contributed by atoms with Gasteiger partial charge in [0.15, 0.2) is 0 Å². The number of anilines is 1. The molecule has 1 aliphatic rings. The number of phenols is 1. The molecule has 98 valence electrons. The Balaban J connectivity index is 1.89. The summed E-state index contributed by atoms with van der Waals surface area (Å²) in [5.41, 5.74) is 8.48. The third-order valence-corrected chi connectivity index (χ3v) is 3.26. The molecule has 1 heterocycles. The number of aromatic hydroxyl groups is 1. The highest BCUT2D eigenvalue weighted by Gasteiger charge is 2.23. The lowest BCUT2D eigenvalue weighted by Crippen LogP contribution is -1.97. The summed E-state index contributed by atoms with van der Waals surface area (Å²) < 4.78 is 1.50. The van der Waals surface area contributed by atoms with Crippen molar-refractivity contribution in [2.75, 3.05) is 5.73 Å². The summed E-state index contributed by atoms with van der Waals surface area (Å²) in [7, 11) is 0. The first-order valence-electron chi connectivity index (χ1n) is 6.32. The maximum absolute atomic E-state index is 9.84. The van der Waals surface area contributed by atoms with Gasteiger partial charge in [0.2, 0.25) is 5.95 Å². The van der Waals surface area contributed by atoms with E-state index in [-0.39, 0.29) is 5.75 Å². The molecular weight excluding hydrogens is 240 g/mol. The van der Waals surface area contributed by atoms with E-state index in [2.05, 4.69) is 10.1 Å². The summed E-state index contributed by atoms with van der Waals surface area (Å²) in [6.45, 7) is 1.85. The fourth-order valence-electron chi connectivity index (χ4n) is 2.07.